The number of alkyl halides is 2. The van der Waals surface area contributed by atoms with Crippen molar-refractivity contribution in [1.82, 2.24) is 9.97 Å². The predicted molar refractivity (Wildman–Crippen MR) is 47.1 cm³/mol. The molecule has 14 heavy (non-hydrogen) atoms. The van der Waals surface area contributed by atoms with Crippen LogP contribution in [0.3, 0.4) is 0 Å². The van der Waals surface area contributed by atoms with E-state index in [2.05, 4.69) is 9.97 Å². The molecule has 1 heterocycles. The molecule has 0 aliphatic heterocycles. The van der Waals surface area contributed by atoms with E-state index in [0.29, 0.717) is 11.0 Å². The Kier molecular flexibility index (Phi) is 2.17. The van der Waals surface area contributed by atoms with Crippen molar-refractivity contribution in [1.29, 1.82) is 0 Å². The number of aliphatic hydroxyl groups is 1. The van der Waals surface area contributed by atoms with Crippen molar-refractivity contribution in [2.45, 2.75) is 12.5 Å². The van der Waals surface area contributed by atoms with Crippen LogP contribution in [0.25, 0.3) is 11.0 Å². The van der Waals surface area contributed by atoms with Crippen molar-refractivity contribution in [3.05, 3.63) is 30.1 Å². The van der Waals surface area contributed by atoms with Crippen LogP contribution < -0.4 is 0 Å². The minimum absolute atomic E-state index is 0.191. The standard InChI is InChI=1S/C9H8F2N2O/c10-9(11)8(14)5-1-2-6-7(3-5)13-4-12-6/h1-4,8-9,14H,(H,12,13). The maximum absolute atomic E-state index is 12.2. The number of benzene rings is 1. The molecule has 74 valence electrons. The van der Waals surface area contributed by atoms with E-state index in [-0.39, 0.29) is 5.56 Å². The zero-order valence-corrected chi connectivity index (χ0v) is 7.11. The zero-order valence-electron chi connectivity index (χ0n) is 7.11. The number of aromatic amines is 1. The second kappa shape index (κ2) is 3.34. The number of hydrogen-bond acceptors (Lipinski definition) is 2. The van der Waals surface area contributed by atoms with E-state index in [9.17, 15) is 8.78 Å². The molecule has 1 aromatic heterocycles. The average Bonchev–Trinajstić information content (AvgIpc) is 2.62. The number of aromatic nitrogens is 2. The zero-order chi connectivity index (χ0) is 10.1. The first-order valence-electron chi connectivity index (χ1n) is 4.08. The van der Waals surface area contributed by atoms with E-state index in [1.165, 1.54) is 18.5 Å². The predicted octanol–water partition coefficient (Wildman–Crippen LogP) is 1.86. The normalized spacial score (nSPS) is 13.7. The van der Waals surface area contributed by atoms with Crippen LogP contribution >= 0.6 is 0 Å². The number of H-pyrrole nitrogens is 1. The van der Waals surface area contributed by atoms with Gasteiger partial charge in [0.15, 0.2) is 0 Å². The largest absolute Gasteiger partial charge is 0.382 e. The molecule has 0 spiro atoms. The van der Waals surface area contributed by atoms with E-state index < -0.39 is 12.5 Å². The number of aliphatic hydroxyl groups excluding tert-OH is 1. The van der Waals surface area contributed by atoms with Crippen LogP contribution in [0, 0.1) is 0 Å². The number of nitrogens with one attached hydrogen (secondary N) is 1. The Morgan fingerprint density at radius 3 is 2.86 bits per heavy atom. The molecule has 1 atom stereocenters. The third-order valence-corrected chi connectivity index (χ3v) is 2.02. The number of imidazole rings is 1. The number of nitrogens with zero attached hydrogens (tertiary/aromatic N) is 1. The highest BCUT2D eigenvalue weighted by atomic mass is 19.3. The van der Waals surface area contributed by atoms with Crippen LogP contribution in [0.4, 0.5) is 8.78 Å². The first kappa shape index (κ1) is 9.08. The molecule has 0 saturated carbocycles. The summed E-state index contributed by atoms with van der Waals surface area (Å²) in [6.07, 6.45) is -3.03. The molecule has 2 rings (SSSR count). The second-order valence-electron chi connectivity index (χ2n) is 2.96. The van der Waals surface area contributed by atoms with Gasteiger partial charge in [-0.05, 0) is 17.7 Å². The molecular formula is C9H8F2N2O. The number of fused-ring (bicyclic) bond motifs is 1. The van der Waals surface area contributed by atoms with Gasteiger partial charge < -0.3 is 10.1 Å². The summed E-state index contributed by atoms with van der Waals surface area (Å²) in [6, 6.07) is 4.51. The van der Waals surface area contributed by atoms with Crippen molar-refractivity contribution in [3.8, 4) is 0 Å². The van der Waals surface area contributed by atoms with Gasteiger partial charge in [-0.15, -0.1) is 0 Å². The lowest BCUT2D eigenvalue weighted by Crippen LogP contribution is -2.07. The van der Waals surface area contributed by atoms with Gasteiger partial charge in [-0.25, -0.2) is 13.8 Å². The van der Waals surface area contributed by atoms with E-state index in [1.807, 2.05) is 0 Å². The minimum atomic E-state index is -2.77. The fraction of sp³-hybridized carbons (Fsp3) is 0.222. The Balaban J connectivity index is 2.43. The first-order valence-corrected chi connectivity index (χ1v) is 4.08. The topological polar surface area (TPSA) is 48.9 Å². The van der Waals surface area contributed by atoms with Gasteiger partial charge in [-0.1, -0.05) is 6.07 Å². The molecule has 2 aromatic rings. The first-order chi connectivity index (χ1) is 6.68. The summed E-state index contributed by atoms with van der Waals surface area (Å²) in [5, 5.41) is 9.11. The number of hydrogen-bond donors (Lipinski definition) is 2. The fourth-order valence-corrected chi connectivity index (χ4v) is 1.28. The third kappa shape index (κ3) is 1.46. The van der Waals surface area contributed by atoms with Crippen molar-refractivity contribution < 1.29 is 13.9 Å². The molecule has 5 heteroatoms. The average molecular weight is 198 g/mol. The van der Waals surface area contributed by atoms with Gasteiger partial charge in [0, 0.05) is 0 Å². The molecule has 0 fully saturated rings. The summed E-state index contributed by atoms with van der Waals surface area (Å²) in [6.45, 7) is 0. The molecule has 0 saturated heterocycles. The lowest BCUT2D eigenvalue weighted by molar-refractivity contribution is -0.00571. The number of rotatable bonds is 2. The van der Waals surface area contributed by atoms with Gasteiger partial charge >= 0.3 is 0 Å². The smallest absolute Gasteiger partial charge is 0.268 e. The molecule has 0 bridgehead atoms. The molecule has 1 unspecified atom stereocenters. The molecule has 1 aromatic carbocycles. The molecule has 0 amide bonds. The van der Waals surface area contributed by atoms with Crippen LogP contribution in [0.1, 0.15) is 11.7 Å². The molecule has 0 aliphatic carbocycles. The molecular weight excluding hydrogens is 190 g/mol. The van der Waals surface area contributed by atoms with Gasteiger partial charge in [0.05, 0.1) is 17.4 Å². The summed E-state index contributed by atoms with van der Waals surface area (Å²) in [4.78, 5) is 6.73. The molecule has 0 radical (unpaired) electrons. The van der Waals surface area contributed by atoms with Gasteiger partial charge in [0.2, 0.25) is 0 Å². The minimum Gasteiger partial charge on any atom is -0.382 e. The summed E-state index contributed by atoms with van der Waals surface area (Å²) in [5.74, 6) is 0. The molecule has 0 aliphatic rings. The van der Waals surface area contributed by atoms with Gasteiger partial charge in [-0.3, -0.25) is 0 Å². The highest BCUT2D eigenvalue weighted by molar-refractivity contribution is 5.75. The lowest BCUT2D eigenvalue weighted by atomic mass is 10.1. The Morgan fingerprint density at radius 1 is 1.36 bits per heavy atom. The Morgan fingerprint density at radius 2 is 2.14 bits per heavy atom. The maximum Gasteiger partial charge on any atom is 0.268 e. The molecule has 3 nitrogen and oxygen atoms in total. The van der Waals surface area contributed by atoms with Crippen LogP contribution in [-0.4, -0.2) is 21.5 Å². The van der Waals surface area contributed by atoms with Crippen LogP contribution in [-0.2, 0) is 0 Å². The Bertz CT molecular complexity index is 441. The van der Waals surface area contributed by atoms with E-state index >= 15 is 0 Å². The summed E-state index contributed by atoms with van der Waals surface area (Å²) in [7, 11) is 0. The highest BCUT2D eigenvalue weighted by Gasteiger charge is 2.19. The van der Waals surface area contributed by atoms with Crippen molar-refractivity contribution >= 4 is 11.0 Å². The molecule has 2 N–H and O–H groups in total. The van der Waals surface area contributed by atoms with Crippen LogP contribution in [0.15, 0.2) is 24.5 Å². The van der Waals surface area contributed by atoms with E-state index in [4.69, 9.17) is 5.11 Å². The quantitative estimate of drug-likeness (QED) is 0.773. The van der Waals surface area contributed by atoms with E-state index in [1.54, 1.807) is 6.07 Å². The third-order valence-electron chi connectivity index (χ3n) is 2.02. The van der Waals surface area contributed by atoms with Crippen molar-refractivity contribution in [2.75, 3.05) is 0 Å². The Hall–Kier alpha value is -1.49. The lowest BCUT2D eigenvalue weighted by Gasteiger charge is -2.08. The highest BCUT2D eigenvalue weighted by Crippen LogP contribution is 2.22. The van der Waals surface area contributed by atoms with Crippen LogP contribution in [0.5, 0.6) is 0 Å². The van der Waals surface area contributed by atoms with Gasteiger partial charge in [-0.2, -0.15) is 0 Å². The summed E-state index contributed by atoms with van der Waals surface area (Å²) < 4.78 is 24.3. The second-order valence-corrected chi connectivity index (χ2v) is 2.96. The maximum atomic E-state index is 12.2. The van der Waals surface area contributed by atoms with Crippen molar-refractivity contribution in [2.24, 2.45) is 0 Å². The van der Waals surface area contributed by atoms with Gasteiger partial charge in [0.25, 0.3) is 6.43 Å². The van der Waals surface area contributed by atoms with Gasteiger partial charge in [0.1, 0.15) is 6.10 Å². The SMILES string of the molecule is OC(c1ccc2nc[nH]c2c1)C(F)F. The Labute approximate surface area is 78.4 Å². The summed E-state index contributed by atoms with van der Waals surface area (Å²) in [5.41, 5.74) is 1.52. The number of halogens is 2. The monoisotopic (exact) mass is 198 g/mol. The van der Waals surface area contributed by atoms with Crippen LogP contribution in [0.2, 0.25) is 0 Å². The van der Waals surface area contributed by atoms with Crippen molar-refractivity contribution in [3.63, 3.8) is 0 Å². The summed E-state index contributed by atoms with van der Waals surface area (Å²) >= 11 is 0. The fourth-order valence-electron chi connectivity index (χ4n) is 1.28. The van der Waals surface area contributed by atoms with E-state index in [0.717, 1.165) is 0 Å².